The number of pyridine rings is 1. The molecule has 5 rings (SSSR count). The molecule has 1 atom stereocenters. The summed E-state index contributed by atoms with van der Waals surface area (Å²) in [5.41, 5.74) is 3.55. The number of aromatic nitrogens is 1. The van der Waals surface area contributed by atoms with Crippen molar-refractivity contribution in [1.82, 2.24) is 15.2 Å². The van der Waals surface area contributed by atoms with Crippen LogP contribution in [-0.2, 0) is 17.5 Å². The van der Waals surface area contributed by atoms with E-state index in [2.05, 4.69) is 20.1 Å². The predicted molar refractivity (Wildman–Crippen MR) is 152 cm³/mol. The van der Waals surface area contributed by atoms with Crippen molar-refractivity contribution in [3.63, 3.8) is 0 Å². The van der Waals surface area contributed by atoms with E-state index in [-0.39, 0.29) is 11.8 Å². The Balaban J connectivity index is 1.29. The summed E-state index contributed by atoms with van der Waals surface area (Å²) in [6.07, 6.45) is 6.64. The number of likely N-dealkylation sites (tertiary alicyclic amines) is 1. The molecule has 0 spiro atoms. The van der Waals surface area contributed by atoms with E-state index in [9.17, 15) is 18.0 Å². The van der Waals surface area contributed by atoms with Gasteiger partial charge in [0.2, 0.25) is 5.91 Å². The minimum atomic E-state index is -4.39. The van der Waals surface area contributed by atoms with Crippen LogP contribution in [0.4, 0.5) is 24.5 Å². The average molecular weight is 549 g/mol. The lowest BCUT2D eigenvalue weighted by Gasteiger charge is -2.24. The normalized spacial score (nSPS) is 18.7. The summed E-state index contributed by atoms with van der Waals surface area (Å²) in [5.74, 6) is -0.129. The van der Waals surface area contributed by atoms with Gasteiger partial charge in [0, 0.05) is 61.4 Å². The molecule has 1 N–H and O–H groups in total. The van der Waals surface area contributed by atoms with Crippen LogP contribution >= 0.6 is 0 Å². The van der Waals surface area contributed by atoms with Crippen LogP contribution < -0.4 is 10.2 Å². The Kier molecular flexibility index (Phi) is 8.54. The van der Waals surface area contributed by atoms with Crippen LogP contribution in [-0.4, -0.2) is 42.0 Å². The second-order valence-electron chi connectivity index (χ2n) is 10.8. The molecule has 1 aliphatic carbocycles. The van der Waals surface area contributed by atoms with Crippen molar-refractivity contribution in [1.29, 1.82) is 0 Å². The van der Waals surface area contributed by atoms with Crippen molar-refractivity contribution in [2.24, 2.45) is 5.92 Å². The Morgan fingerprint density at radius 1 is 0.975 bits per heavy atom. The monoisotopic (exact) mass is 548 g/mol. The van der Waals surface area contributed by atoms with E-state index in [0.717, 1.165) is 48.6 Å². The number of halogens is 3. The van der Waals surface area contributed by atoms with Gasteiger partial charge >= 0.3 is 6.18 Å². The lowest BCUT2D eigenvalue weighted by molar-refractivity contribution is -0.137. The number of nitrogens with one attached hydrogen (secondary N) is 1. The number of hydrogen-bond acceptors (Lipinski definition) is 4. The lowest BCUT2D eigenvalue weighted by Crippen LogP contribution is -2.33. The highest BCUT2D eigenvalue weighted by Gasteiger charge is 2.34. The SMILES string of the molecule is CN(c1ccncc1)c1ccc(CNC(=O)C(=Cc2ccc(C(F)(F)F)cc2)[C@@H]2CCN(C3CCCC3)C2)cc1. The maximum atomic E-state index is 13.5. The third kappa shape index (κ3) is 6.73. The third-order valence-electron chi connectivity index (χ3n) is 8.15. The molecule has 0 radical (unpaired) electrons. The summed E-state index contributed by atoms with van der Waals surface area (Å²) < 4.78 is 39.2. The highest BCUT2D eigenvalue weighted by Crippen LogP contribution is 2.33. The molecular weight excluding hydrogens is 513 g/mol. The molecule has 1 amide bonds. The van der Waals surface area contributed by atoms with Crippen LogP contribution in [0.25, 0.3) is 6.08 Å². The molecule has 2 heterocycles. The summed E-state index contributed by atoms with van der Waals surface area (Å²) in [5, 5.41) is 3.07. The van der Waals surface area contributed by atoms with Crippen LogP contribution in [0.3, 0.4) is 0 Å². The van der Waals surface area contributed by atoms with E-state index in [0.29, 0.717) is 23.7 Å². The zero-order valence-electron chi connectivity index (χ0n) is 22.7. The molecule has 1 saturated carbocycles. The lowest BCUT2D eigenvalue weighted by atomic mass is 9.94. The van der Waals surface area contributed by atoms with Crippen molar-refractivity contribution in [2.45, 2.75) is 50.9 Å². The number of carbonyl (C=O) groups excluding carboxylic acids is 1. The molecule has 1 aromatic heterocycles. The first kappa shape index (κ1) is 27.9. The standard InChI is InChI=1S/C32H35F3N4O/c1-38(28-14-17-36-18-15-28)27-12-8-24(9-13-27)21-37-31(40)30(20-23-6-10-26(11-7-23)32(33,34)35)25-16-19-39(22-25)29-4-2-3-5-29/h6-15,17-18,20,25,29H,2-5,16,19,21-22H2,1H3,(H,37,40)/t25-/m1/s1. The van der Waals surface area contributed by atoms with Gasteiger partial charge in [-0.2, -0.15) is 13.2 Å². The fraction of sp³-hybridized carbons (Fsp3) is 0.375. The van der Waals surface area contributed by atoms with Crippen molar-refractivity contribution in [3.05, 3.63) is 95.3 Å². The molecule has 0 unspecified atom stereocenters. The topological polar surface area (TPSA) is 48.5 Å². The van der Waals surface area contributed by atoms with E-state index < -0.39 is 11.7 Å². The molecule has 0 bridgehead atoms. The molecule has 40 heavy (non-hydrogen) atoms. The van der Waals surface area contributed by atoms with Gasteiger partial charge < -0.3 is 10.2 Å². The molecule has 210 valence electrons. The van der Waals surface area contributed by atoms with Gasteiger partial charge in [-0.15, -0.1) is 0 Å². The Morgan fingerprint density at radius 3 is 2.27 bits per heavy atom. The number of alkyl halides is 3. The zero-order valence-corrected chi connectivity index (χ0v) is 22.7. The number of carbonyl (C=O) groups is 1. The van der Waals surface area contributed by atoms with Crippen molar-refractivity contribution < 1.29 is 18.0 Å². The van der Waals surface area contributed by atoms with Crippen molar-refractivity contribution in [3.8, 4) is 0 Å². The number of anilines is 2. The van der Waals surface area contributed by atoms with Gasteiger partial charge in [0.1, 0.15) is 0 Å². The van der Waals surface area contributed by atoms with Gasteiger partial charge in [0.15, 0.2) is 0 Å². The largest absolute Gasteiger partial charge is 0.416 e. The summed E-state index contributed by atoms with van der Waals surface area (Å²) in [4.78, 5) is 22.1. The van der Waals surface area contributed by atoms with Gasteiger partial charge in [-0.3, -0.25) is 14.7 Å². The van der Waals surface area contributed by atoms with E-state index >= 15 is 0 Å². The molecule has 8 heteroatoms. The average Bonchev–Trinajstić information content (AvgIpc) is 3.68. The summed E-state index contributed by atoms with van der Waals surface area (Å²) >= 11 is 0. The van der Waals surface area contributed by atoms with Crippen LogP contribution in [0.15, 0.2) is 78.6 Å². The summed E-state index contributed by atoms with van der Waals surface area (Å²) in [6, 6.07) is 17.5. The number of amides is 1. The van der Waals surface area contributed by atoms with Crippen LogP contribution in [0.2, 0.25) is 0 Å². The van der Waals surface area contributed by atoms with E-state index in [1.54, 1.807) is 18.5 Å². The minimum Gasteiger partial charge on any atom is -0.348 e. The van der Waals surface area contributed by atoms with Crippen LogP contribution in [0.5, 0.6) is 0 Å². The van der Waals surface area contributed by atoms with Gasteiger partial charge in [-0.25, -0.2) is 0 Å². The molecular formula is C32H35F3N4O. The smallest absolute Gasteiger partial charge is 0.348 e. The van der Waals surface area contributed by atoms with Gasteiger partial charge in [-0.1, -0.05) is 37.1 Å². The number of benzene rings is 2. The molecule has 2 fully saturated rings. The van der Waals surface area contributed by atoms with Gasteiger partial charge in [-0.05, 0) is 79.4 Å². The van der Waals surface area contributed by atoms with E-state index in [1.807, 2.05) is 43.4 Å². The number of rotatable bonds is 8. The van der Waals surface area contributed by atoms with Crippen molar-refractivity contribution >= 4 is 23.4 Å². The maximum absolute atomic E-state index is 13.5. The fourth-order valence-electron chi connectivity index (χ4n) is 5.80. The minimum absolute atomic E-state index is 0.0410. The molecule has 2 aromatic carbocycles. The first-order valence-corrected chi connectivity index (χ1v) is 13.9. The Hall–Kier alpha value is -3.65. The Morgan fingerprint density at radius 2 is 1.62 bits per heavy atom. The fourth-order valence-corrected chi connectivity index (χ4v) is 5.80. The summed E-state index contributed by atoms with van der Waals surface area (Å²) in [6.45, 7) is 2.11. The molecule has 5 nitrogen and oxygen atoms in total. The van der Waals surface area contributed by atoms with E-state index in [4.69, 9.17) is 0 Å². The first-order chi connectivity index (χ1) is 19.3. The molecule has 1 saturated heterocycles. The third-order valence-corrected chi connectivity index (χ3v) is 8.15. The second-order valence-corrected chi connectivity index (χ2v) is 10.8. The quantitative estimate of drug-likeness (QED) is 0.314. The van der Waals surface area contributed by atoms with Crippen LogP contribution in [0.1, 0.15) is 48.8 Å². The number of nitrogens with zero attached hydrogens (tertiary/aromatic N) is 3. The number of hydrogen-bond donors (Lipinski definition) is 1. The molecule has 1 aliphatic heterocycles. The predicted octanol–water partition coefficient (Wildman–Crippen LogP) is 6.83. The highest BCUT2D eigenvalue weighted by atomic mass is 19.4. The zero-order chi connectivity index (χ0) is 28.1. The van der Waals surface area contributed by atoms with Gasteiger partial charge in [0.05, 0.1) is 5.56 Å². The summed E-state index contributed by atoms with van der Waals surface area (Å²) in [7, 11) is 1.99. The van der Waals surface area contributed by atoms with Crippen LogP contribution in [0, 0.1) is 5.92 Å². The maximum Gasteiger partial charge on any atom is 0.416 e. The first-order valence-electron chi connectivity index (χ1n) is 13.9. The Labute approximate surface area is 233 Å². The molecule has 3 aromatic rings. The highest BCUT2D eigenvalue weighted by molar-refractivity contribution is 5.98. The van der Waals surface area contributed by atoms with E-state index in [1.165, 1.54) is 37.8 Å². The second kappa shape index (κ2) is 12.3. The van der Waals surface area contributed by atoms with Gasteiger partial charge in [0.25, 0.3) is 0 Å². The molecule has 2 aliphatic rings. The van der Waals surface area contributed by atoms with Crippen molar-refractivity contribution in [2.75, 3.05) is 25.0 Å². The Bertz CT molecular complexity index is 1300.